The van der Waals surface area contributed by atoms with E-state index >= 15 is 0 Å². The van der Waals surface area contributed by atoms with Gasteiger partial charge in [0.15, 0.2) is 0 Å². The Balaban J connectivity index is 1.41. The van der Waals surface area contributed by atoms with E-state index in [1.54, 1.807) is 43.2 Å². The van der Waals surface area contributed by atoms with Gasteiger partial charge in [0.2, 0.25) is 5.91 Å². The molecule has 7 nitrogen and oxygen atoms in total. The number of anilines is 1. The van der Waals surface area contributed by atoms with Gasteiger partial charge in [-0.2, -0.15) is 0 Å². The van der Waals surface area contributed by atoms with Gasteiger partial charge in [-0.15, -0.1) is 0 Å². The van der Waals surface area contributed by atoms with Crippen molar-refractivity contribution in [3.05, 3.63) is 59.7 Å². The molecule has 3 amide bonds. The molecule has 0 aromatic heterocycles. The van der Waals surface area contributed by atoms with E-state index in [0.29, 0.717) is 37.3 Å². The first-order valence-corrected chi connectivity index (χ1v) is 9.66. The van der Waals surface area contributed by atoms with E-state index in [4.69, 9.17) is 4.74 Å². The van der Waals surface area contributed by atoms with Crippen LogP contribution in [0.25, 0.3) is 0 Å². The molecular formula is C22H23N3O4. The predicted octanol–water partition coefficient (Wildman–Crippen LogP) is 2.03. The second-order valence-corrected chi connectivity index (χ2v) is 7.21. The quantitative estimate of drug-likeness (QED) is 0.744. The lowest BCUT2D eigenvalue weighted by atomic mass is 10.1. The minimum absolute atomic E-state index is 0.200. The zero-order chi connectivity index (χ0) is 20.5. The Hall–Kier alpha value is -3.35. The summed E-state index contributed by atoms with van der Waals surface area (Å²) >= 11 is 0. The maximum absolute atomic E-state index is 13.0. The third kappa shape index (κ3) is 3.33. The normalized spacial score (nSPS) is 17.4. The van der Waals surface area contributed by atoms with Crippen LogP contribution in [0, 0.1) is 0 Å². The van der Waals surface area contributed by atoms with E-state index < -0.39 is 17.9 Å². The van der Waals surface area contributed by atoms with Gasteiger partial charge in [0.1, 0.15) is 11.8 Å². The van der Waals surface area contributed by atoms with Crippen LogP contribution in [0.2, 0.25) is 0 Å². The largest absolute Gasteiger partial charge is 0.497 e. The fourth-order valence-corrected chi connectivity index (χ4v) is 3.91. The Bertz CT molecular complexity index is 914. The molecule has 150 valence electrons. The molecule has 1 atom stereocenters. The van der Waals surface area contributed by atoms with Gasteiger partial charge in [-0.05, 0) is 43.3 Å². The van der Waals surface area contributed by atoms with Gasteiger partial charge >= 0.3 is 0 Å². The van der Waals surface area contributed by atoms with Crippen LogP contribution in [0.3, 0.4) is 0 Å². The van der Waals surface area contributed by atoms with Gasteiger partial charge in [0.05, 0.1) is 18.2 Å². The molecule has 29 heavy (non-hydrogen) atoms. The van der Waals surface area contributed by atoms with Gasteiger partial charge in [-0.25, -0.2) is 0 Å². The van der Waals surface area contributed by atoms with Gasteiger partial charge in [0.25, 0.3) is 11.8 Å². The number of carbonyl (C=O) groups is 3. The Morgan fingerprint density at radius 1 is 0.897 bits per heavy atom. The smallest absolute Gasteiger partial charge is 0.262 e. The molecule has 0 N–H and O–H groups in total. The molecule has 0 bridgehead atoms. The predicted molar refractivity (Wildman–Crippen MR) is 108 cm³/mol. The molecule has 2 aromatic rings. The zero-order valence-corrected chi connectivity index (χ0v) is 16.5. The van der Waals surface area contributed by atoms with Gasteiger partial charge in [-0.3, -0.25) is 19.3 Å². The summed E-state index contributed by atoms with van der Waals surface area (Å²) in [5.74, 6) is -0.196. The van der Waals surface area contributed by atoms with Crippen molar-refractivity contribution < 1.29 is 19.1 Å². The molecule has 0 saturated carbocycles. The molecule has 1 saturated heterocycles. The standard InChI is InChI=1S/C22H23N3O4/c1-15(25-21(27)18-5-3-4-6-19(18)22(25)28)20(26)24-13-11-23(12-14-24)16-7-9-17(29-2)10-8-16/h3-10,15H,11-14H2,1-2H3/t15-/m1/s1. The summed E-state index contributed by atoms with van der Waals surface area (Å²) in [4.78, 5) is 43.3. The molecule has 0 aliphatic carbocycles. The highest BCUT2D eigenvalue weighted by atomic mass is 16.5. The number of hydrogen-bond acceptors (Lipinski definition) is 5. The Morgan fingerprint density at radius 2 is 1.45 bits per heavy atom. The molecule has 0 unspecified atom stereocenters. The van der Waals surface area contributed by atoms with Gasteiger partial charge < -0.3 is 14.5 Å². The van der Waals surface area contributed by atoms with E-state index in [2.05, 4.69) is 4.90 Å². The Kier molecular flexibility index (Phi) is 4.96. The third-order valence-electron chi connectivity index (χ3n) is 5.60. The first kappa shape index (κ1) is 19.0. The lowest BCUT2D eigenvalue weighted by molar-refractivity contribution is -0.135. The molecular weight excluding hydrogens is 370 g/mol. The van der Waals surface area contributed by atoms with Crippen LogP contribution in [0.15, 0.2) is 48.5 Å². The molecule has 2 heterocycles. The average molecular weight is 393 g/mol. The van der Waals surface area contributed by atoms with Crippen molar-refractivity contribution in [1.82, 2.24) is 9.80 Å². The monoisotopic (exact) mass is 393 g/mol. The molecule has 2 aliphatic heterocycles. The molecule has 0 spiro atoms. The first-order valence-electron chi connectivity index (χ1n) is 9.66. The van der Waals surface area contributed by atoms with E-state index in [0.717, 1.165) is 16.3 Å². The van der Waals surface area contributed by atoms with Crippen LogP contribution in [0.1, 0.15) is 27.6 Å². The van der Waals surface area contributed by atoms with Crippen molar-refractivity contribution in [3.63, 3.8) is 0 Å². The van der Waals surface area contributed by atoms with Crippen LogP contribution >= 0.6 is 0 Å². The maximum atomic E-state index is 13.0. The summed E-state index contributed by atoms with van der Waals surface area (Å²) in [6.45, 7) is 4.08. The average Bonchev–Trinajstić information content (AvgIpc) is 3.03. The molecule has 2 aromatic carbocycles. The lowest BCUT2D eigenvalue weighted by Gasteiger charge is -2.38. The van der Waals surface area contributed by atoms with Crippen molar-refractivity contribution >= 4 is 23.4 Å². The van der Waals surface area contributed by atoms with E-state index in [1.165, 1.54) is 0 Å². The van der Waals surface area contributed by atoms with E-state index in [9.17, 15) is 14.4 Å². The highest BCUT2D eigenvalue weighted by Gasteiger charge is 2.42. The number of amides is 3. The summed E-state index contributed by atoms with van der Waals surface area (Å²) in [6, 6.07) is 13.7. The van der Waals surface area contributed by atoms with Crippen molar-refractivity contribution in [2.75, 3.05) is 38.2 Å². The third-order valence-corrected chi connectivity index (χ3v) is 5.60. The number of carbonyl (C=O) groups excluding carboxylic acids is 3. The minimum Gasteiger partial charge on any atom is -0.497 e. The van der Waals surface area contributed by atoms with Crippen LogP contribution in [-0.4, -0.2) is 66.9 Å². The highest BCUT2D eigenvalue weighted by molar-refractivity contribution is 6.22. The lowest BCUT2D eigenvalue weighted by Crippen LogP contribution is -2.55. The highest BCUT2D eigenvalue weighted by Crippen LogP contribution is 2.26. The van der Waals surface area contributed by atoms with Crippen LogP contribution in [-0.2, 0) is 4.79 Å². The number of benzene rings is 2. The summed E-state index contributed by atoms with van der Waals surface area (Å²) in [5.41, 5.74) is 1.80. The fourth-order valence-electron chi connectivity index (χ4n) is 3.91. The van der Waals surface area contributed by atoms with Crippen LogP contribution in [0.4, 0.5) is 5.69 Å². The van der Waals surface area contributed by atoms with Gasteiger partial charge in [-0.1, -0.05) is 12.1 Å². The zero-order valence-electron chi connectivity index (χ0n) is 16.5. The molecule has 2 aliphatic rings. The van der Waals surface area contributed by atoms with E-state index in [-0.39, 0.29) is 5.91 Å². The number of fused-ring (bicyclic) bond motifs is 1. The van der Waals surface area contributed by atoms with Crippen molar-refractivity contribution in [2.45, 2.75) is 13.0 Å². The van der Waals surface area contributed by atoms with Crippen molar-refractivity contribution in [1.29, 1.82) is 0 Å². The summed E-state index contributed by atoms with van der Waals surface area (Å²) in [7, 11) is 1.63. The number of nitrogens with zero attached hydrogens (tertiary/aromatic N) is 3. The number of hydrogen-bond donors (Lipinski definition) is 0. The van der Waals surface area contributed by atoms with Crippen LogP contribution in [0.5, 0.6) is 5.75 Å². The number of imide groups is 1. The SMILES string of the molecule is COc1ccc(N2CCN(C(=O)[C@@H](C)N3C(=O)c4ccccc4C3=O)CC2)cc1. The number of ether oxygens (including phenoxy) is 1. The summed E-state index contributed by atoms with van der Waals surface area (Å²) < 4.78 is 5.19. The molecule has 1 fully saturated rings. The first-order chi connectivity index (χ1) is 14.0. The topological polar surface area (TPSA) is 70.2 Å². The Morgan fingerprint density at radius 3 is 1.97 bits per heavy atom. The summed E-state index contributed by atoms with van der Waals surface area (Å²) in [6.07, 6.45) is 0. The number of piperazine rings is 1. The van der Waals surface area contributed by atoms with Crippen molar-refractivity contribution in [3.8, 4) is 5.75 Å². The molecule has 7 heteroatoms. The fraction of sp³-hybridized carbons (Fsp3) is 0.318. The van der Waals surface area contributed by atoms with Crippen molar-refractivity contribution in [2.24, 2.45) is 0 Å². The summed E-state index contributed by atoms with van der Waals surface area (Å²) in [5, 5.41) is 0. The van der Waals surface area contributed by atoms with Gasteiger partial charge in [0, 0.05) is 31.9 Å². The Labute approximate surface area is 169 Å². The second-order valence-electron chi connectivity index (χ2n) is 7.21. The second kappa shape index (κ2) is 7.58. The minimum atomic E-state index is -0.824. The van der Waals surface area contributed by atoms with E-state index in [1.807, 2.05) is 24.3 Å². The molecule has 0 radical (unpaired) electrons. The van der Waals surface area contributed by atoms with Crippen LogP contribution < -0.4 is 9.64 Å². The maximum Gasteiger partial charge on any atom is 0.262 e. The number of rotatable bonds is 4. The molecule has 4 rings (SSSR count). The number of methoxy groups -OCH3 is 1.